The van der Waals surface area contributed by atoms with Crippen LogP contribution in [0.1, 0.15) is 25.7 Å². The molecule has 1 saturated carbocycles. The fourth-order valence-electron chi connectivity index (χ4n) is 2.14. The standard InChI is InChI=1S/C8H13ClN2/c1-11-7-5-3-2-4-6(7)8(9)10-11/h6-7H,2-5H2,1H3. The Morgan fingerprint density at radius 1 is 1.45 bits per heavy atom. The summed E-state index contributed by atoms with van der Waals surface area (Å²) in [6, 6.07) is 0.608. The molecule has 0 N–H and O–H groups in total. The lowest BCUT2D eigenvalue weighted by Crippen LogP contribution is -2.32. The van der Waals surface area contributed by atoms with Crippen molar-refractivity contribution in [3.05, 3.63) is 0 Å². The van der Waals surface area contributed by atoms with E-state index in [0.29, 0.717) is 12.0 Å². The summed E-state index contributed by atoms with van der Waals surface area (Å²) < 4.78 is 0. The molecule has 0 spiro atoms. The Balaban J connectivity index is 2.14. The van der Waals surface area contributed by atoms with Gasteiger partial charge in [-0.1, -0.05) is 24.4 Å². The van der Waals surface area contributed by atoms with Crippen LogP contribution in [0.4, 0.5) is 0 Å². The Morgan fingerprint density at radius 2 is 2.18 bits per heavy atom. The molecule has 0 amide bonds. The highest BCUT2D eigenvalue weighted by Gasteiger charge is 2.35. The van der Waals surface area contributed by atoms with Crippen molar-refractivity contribution in [1.29, 1.82) is 0 Å². The molecule has 11 heavy (non-hydrogen) atoms. The van der Waals surface area contributed by atoms with E-state index in [1.54, 1.807) is 0 Å². The normalized spacial score (nSPS) is 36.9. The van der Waals surface area contributed by atoms with Gasteiger partial charge in [0.15, 0.2) is 0 Å². The van der Waals surface area contributed by atoms with Crippen molar-refractivity contribution in [1.82, 2.24) is 5.01 Å². The molecule has 0 bridgehead atoms. The number of hydrogen-bond donors (Lipinski definition) is 0. The van der Waals surface area contributed by atoms with E-state index in [9.17, 15) is 0 Å². The molecule has 62 valence electrons. The first-order valence-electron chi connectivity index (χ1n) is 4.26. The van der Waals surface area contributed by atoms with E-state index in [4.69, 9.17) is 11.6 Å². The maximum Gasteiger partial charge on any atom is 0.131 e. The zero-order valence-corrected chi connectivity index (χ0v) is 7.51. The maximum atomic E-state index is 5.99. The SMILES string of the molecule is CN1N=C(Cl)C2CCCCC21. The van der Waals surface area contributed by atoms with E-state index in [-0.39, 0.29) is 0 Å². The number of hydrogen-bond acceptors (Lipinski definition) is 2. The molecule has 0 radical (unpaired) electrons. The molecule has 2 aliphatic rings. The van der Waals surface area contributed by atoms with Gasteiger partial charge in [0, 0.05) is 13.0 Å². The minimum atomic E-state index is 0.551. The maximum absolute atomic E-state index is 5.99. The van der Waals surface area contributed by atoms with Crippen LogP contribution in [0.25, 0.3) is 0 Å². The molecular formula is C8H13ClN2. The fraction of sp³-hybridized carbons (Fsp3) is 0.875. The van der Waals surface area contributed by atoms with Crippen molar-refractivity contribution in [3.8, 4) is 0 Å². The lowest BCUT2D eigenvalue weighted by Gasteiger charge is -2.28. The zero-order valence-electron chi connectivity index (χ0n) is 6.76. The van der Waals surface area contributed by atoms with Gasteiger partial charge in [-0.15, -0.1) is 0 Å². The smallest absolute Gasteiger partial charge is 0.131 e. The van der Waals surface area contributed by atoms with Crippen LogP contribution in [0.3, 0.4) is 0 Å². The summed E-state index contributed by atoms with van der Waals surface area (Å²) in [6.07, 6.45) is 5.16. The first-order chi connectivity index (χ1) is 5.29. The number of hydrazone groups is 1. The van der Waals surface area contributed by atoms with E-state index >= 15 is 0 Å². The summed E-state index contributed by atoms with van der Waals surface area (Å²) >= 11 is 5.99. The monoisotopic (exact) mass is 172 g/mol. The Labute approximate surface area is 72.2 Å². The van der Waals surface area contributed by atoms with Crippen molar-refractivity contribution in [3.63, 3.8) is 0 Å². The van der Waals surface area contributed by atoms with Crippen LogP contribution in [0, 0.1) is 5.92 Å². The first-order valence-corrected chi connectivity index (χ1v) is 4.63. The van der Waals surface area contributed by atoms with Crippen LogP contribution in [0.2, 0.25) is 0 Å². The topological polar surface area (TPSA) is 15.6 Å². The van der Waals surface area contributed by atoms with Gasteiger partial charge in [-0.3, -0.25) is 5.01 Å². The fourth-order valence-corrected chi connectivity index (χ4v) is 2.51. The third-order valence-electron chi connectivity index (χ3n) is 2.77. The molecule has 3 heteroatoms. The van der Waals surface area contributed by atoms with E-state index in [2.05, 4.69) is 5.10 Å². The predicted molar refractivity (Wildman–Crippen MR) is 46.8 cm³/mol. The van der Waals surface area contributed by atoms with Crippen molar-refractivity contribution < 1.29 is 0 Å². The molecule has 1 heterocycles. The number of nitrogens with zero attached hydrogens (tertiary/aromatic N) is 2. The summed E-state index contributed by atoms with van der Waals surface area (Å²) in [6.45, 7) is 0. The van der Waals surface area contributed by atoms with Crippen LogP contribution in [-0.2, 0) is 0 Å². The summed E-state index contributed by atoms with van der Waals surface area (Å²) in [7, 11) is 2.03. The highest BCUT2D eigenvalue weighted by Crippen LogP contribution is 2.34. The number of fused-ring (bicyclic) bond motifs is 1. The van der Waals surface area contributed by atoms with Crippen LogP contribution in [-0.4, -0.2) is 23.3 Å². The van der Waals surface area contributed by atoms with Gasteiger partial charge in [0.05, 0.1) is 6.04 Å². The summed E-state index contributed by atoms with van der Waals surface area (Å²) in [5.74, 6) is 0.551. The molecule has 0 saturated heterocycles. The minimum Gasteiger partial charge on any atom is -0.295 e. The van der Waals surface area contributed by atoms with Crippen molar-refractivity contribution in [2.24, 2.45) is 11.0 Å². The molecule has 0 aromatic carbocycles. The minimum absolute atomic E-state index is 0.551. The van der Waals surface area contributed by atoms with E-state index in [1.165, 1.54) is 25.7 Å². The van der Waals surface area contributed by atoms with Gasteiger partial charge < -0.3 is 0 Å². The Bertz CT molecular complexity index is 191. The van der Waals surface area contributed by atoms with Crippen LogP contribution < -0.4 is 0 Å². The molecular weight excluding hydrogens is 160 g/mol. The second-order valence-electron chi connectivity index (χ2n) is 3.45. The van der Waals surface area contributed by atoms with E-state index in [1.807, 2.05) is 12.1 Å². The highest BCUT2D eigenvalue weighted by molar-refractivity contribution is 6.66. The molecule has 0 aromatic rings. The molecule has 1 fully saturated rings. The van der Waals surface area contributed by atoms with E-state index < -0.39 is 0 Å². The Hall–Kier alpha value is -0.240. The molecule has 2 nitrogen and oxygen atoms in total. The Kier molecular flexibility index (Phi) is 1.80. The highest BCUT2D eigenvalue weighted by atomic mass is 35.5. The van der Waals surface area contributed by atoms with Gasteiger partial charge in [-0.05, 0) is 12.8 Å². The average molecular weight is 173 g/mol. The van der Waals surface area contributed by atoms with Crippen molar-refractivity contribution >= 4 is 16.8 Å². The van der Waals surface area contributed by atoms with Gasteiger partial charge in [-0.25, -0.2) is 0 Å². The largest absolute Gasteiger partial charge is 0.295 e. The summed E-state index contributed by atoms with van der Waals surface area (Å²) in [4.78, 5) is 0. The van der Waals surface area contributed by atoms with Gasteiger partial charge in [-0.2, -0.15) is 5.10 Å². The third-order valence-corrected chi connectivity index (χ3v) is 3.12. The molecule has 1 aliphatic heterocycles. The second-order valence-corrected chi connectivity index (χ2v) is 3.84. The van der Waals surface area contributed by atoms with E-state index in [0.717, 1.165) is 5.17 Å². The van der Waals surface area contributed by atoms with Crippen LogP contribution in [0.5, 0.6) is 0 Å². The first kappa shape index (κ1) is 7.41. The lowest BCUT2D eigenvalue weighted by atomic mass is 9.86. The van der Waals surface area contributed by atoms with Gasteiger partial charge in [0.25, 0.3) is 0 Å². The molecule has 0 aromatic heterocycles. The van der Waals surface area contributed by atoms with Crippen LogP contribution in [0.15, 0.2) is 5.10 Å². The molecule has 2 atom stereocenters. The van der Waals surface area contributed by atoms with Gasteiger partial charge in [0.2, 0.25) is 0 Å². The summed E-state index contributed by atoms with van der Waals surface area (Å²) in [5.41, 5.74) is 0. The van der Waals surface area contributed by atoms with Gasteiger partial charge in [0.1, 0.15) is 5.17 Å². The number of rotatable bonds is 0. The quantitative estimate of drug-likeness (QED) is 0.546. The van der Waals surface area contributed by atoms with Crippen molar-refractivity contribution in [2.75, 3.05) is 7.05 Å². The summed E-state index contributed by atoms with van der Waals surface area (Å²) in [5, 5.41) is 7.11. The lowest BCUT2D eigenvalue weighted by molar-refractivity contribution is 0.198. The third kappa shape index (κ3) is 1.13. The average Bonchev–Trinajstić information content (AvgIpc) is 2.30. The number of halogens is 1. The molecule has 1 aliphatic carbocycles. The Morgan fingerprint density at radius 3 is 2.91 bits per heavy atom. The molecule has 2 unspecified atom stereocenters. The van der Waals surface area contributed by atoms with Crippen molar-refractivity contribution in [2.45, 2.75) is 31.7 Å². The van der Waals surface area contributed by atoms with Gasteiger partial charge >= 0.3 is 0 Å². The second kappa shape index (κ2) is 2.67. The zero-order chi connectivity index (χ0) is 7.84. The predicted octanol–water partition coefficient (Wildman–Crippen LogP) is 2.04. The molecule has 2 rings (SSSR count). The van der Waals surface area contributed by atoms with Crippen LogP contribution >= 0.6 is 11.6 Å².